The van der Waals surface area contributed by atoms with Crippen LogP contribution in [-0.2, 0) is 14.3 Å². The molecule has 0 N–H and O–H groups in total. The van der Waals surface area contributed by atoms with Gasteiger partial charge < -0.3 is 9.47 Å². The van der Waals surface area contributed by atoms with Crippen molar-refractivity contribution in [2.75, 3.05) is 13.7 Å². The van der Waals surface area contributed by atoms with E-state index in [1.165, 1.54) is 7.11 Å². The van der Waals surface area contributed by atoms with Gasteiger partial charge in [-0.25, -0.2) is 4.79 Å². The van der Waals surface area contributed by atoms with E-state index in [1.807, 2.05) is 0 Å². The molecule has 0 radical (unpaired) electrons. The summed E-state index contributed by atoms with van der Waals surface area (Å²) in [7, 11) is 1.53. The molecule has 0 bridgehead atoms. The van der Waals surface area contributed by atoms with Gasteiger partial charge in [-0.3, -0.25) is 0 Å². The largest absolute Gasteiger partial charge is 0.445 e. The molecule has 0 saturated heterocycles. The molecule has 0 rings (SSSR count). The summed E-state index contributed by atoms with van der Waals surface area (Å²) in [6.07, 6.45) is 0. The predicted octanol–water partition coefficient (Wildman–Crippen LogP) is 1.47. The molecule has 0 fully saturated rings. The number of carbonyl (C=O) groups is 1. The molecule has 0 amide bonds. The number of carbonyl (C=O) groups excluding carboxylic acids is 1. The first-order valence-electron chi connectivity index (χ1n) is 3.07. The van der Waals surface area contributed by atoms with Crippen LogP contribution in [0.3, 0.4) is 0 Å². The van der Waals surface area contributed by atoms with Crippen LogP contribution >= 0.6 is 15.9 Å². The fourth-order valence-electron chi connectivity index (χ4n) is 0.382. The highest BCUT2D eigenvalue weighted by Crippen LogP contribution is 2.04. The third kappa shape index (κ3) is 4.98. The van der Waals surface area contributed by atoms with Gasteiger partial charge in [0, 0.05) is 12.7 Å². The fraction of sp³-hybridized carbons (Fsp3) is 0.571. The minimum absolute atomic E-state index is 0.332. The second kappa shape index (κ2) is 5.32. The minimum atomic E-state index is -0.413. The first-order chi connectivity index (χ1) is 5.07. The molecule has 0 heterocycles. The lowest BCUT2D eigenvalue weighted by atomic mass is 10.4. The van der Waals surface area contributed by atoms with Crippen LogP contribution in [0.15, 0.2) is 12.2 Å². The van der Waals surface area contributed by atoms with Crippen molar-refractivity contribution < 1.29 is 14.3 Å². The van der Waals surface area contributed by atoms with E-state index in [9.17, 15) is 4.79 Å². The molecule has 0 aromatic carbocycles. The summed E-state index contributed by atoms with van der Waals surface area (Å²) in [5, 5.41) is -0.392. The summed E-state index contributed by atoms with van der Waals surface area (Å²) in [6, 6.07) is 0. The summed E-state index contributed by atoms with van der Waals surface area (Å²) < 4.78 is 9.54. The lowest BCUT2D eigenvalue weighted by Gasteiger charge is -2.09. The third-order valence-electron chi connectivity index (χ3n) is 0.881. The van der Waals surface area contributed by atoms with Crippen molar-refractivity contribution >= 4 is 21.9 Å². The maximum atomic E-state index is 10.8. The molecular formula is C7H11BrO3. The number of hydrogen-bond donors (Lipinski definition) is 0. The zero-order valence-electron chi connectivity index (χ0n) is 6.59. The Balaban J connectivity index is 3.66. The number of methoxy groups -OCH3 is 1. The van der Waals surface area contributed by atoms with Crippen molar-refractivity contribution in [3.8, 4) is 0 Å². The van der Waals surface area contributed by atoms with Crippen molar-refractivity contribution in [1.82, 2.24) is 0 Å². The van der Waals surface area contributed by atoms with Crippen LogP contribution in [0.25, 0.3) is 0 Å². The molecule has 0 aromatic rings. The molecule has 0 aromatic heterocycles. The average Bonchev–Trinajstić information content (AvgIpc) is 1.87. The molecular weight excluding hydrogens is 212 g/mol. The quantitative estimate of drug-likeness (QED) is 0.411. The lowest BCUT2D eigenvalue weighted by molar-refractivity contribution is -0.141. The molecule has 0 aliphatic heterocycles. The van der Waals surface area contributed by atoms with E-state index in [0.29, 0.717) is 12.2 Å². The van der Waals surface area contributed by atoms with Crippen LogP contribution in [0.5, 0.6) is 0 Å². The number of rotatable bonds is 4. The molecule has 0 aliphatic rings. The fourth-order valence-corrected chi connectivity index (χ4v) is 0.816. The molecule has 1 atom stereocenters. The second-order valence-corrected chi connectivity index (χ2v) is 3.07. The summed E-state index contributed by atoms with van der Waals surface area (Å²) in [5.74, 6) is -0.413. The number of hydrogen-bond acceptors (Lipinski definition) is 3. The van der Waals surface area contributed by atoms with Gasteiger partial charge in [-0.15, -0.1) is 0 Å². The first kappa shape index (κ1) is 10.7. The Kier molecular flexibility index (Phi) is 5.15. The van der Waals surface area contributed by atoms with Crippen LogP contribution in [0.4, 0.5) is 0 Å². The van der Waals surface area contributed by atoms with E-state index >= 15 is 0 Å². The molecule has 0 spiro atoms. The average molecular weight is 223 g/mol. The third-order valence-corrected chi connectivity index (χ3v) is 1.33. The Morgan fingerprint density at radius 3 is 2.64 bits per heavy atom. The predicted molar refractivity (Wildman–Crippen MR) is 45.5 cm³/mol. The Morgan fingerprint density at radius 1 is 1.73 bits per heavy atom. The number of esters is 1. The van der Waals surface area contributed by atoms with Gasteiger partial charge >= 0.3 is 5.97 Å². The van der Waals surface area contributed by atoms with E-state index in [4.69, 9.17) is 9.47 Å². The van der Waals surface area contributed by atoms with Gasteiger partial charge in [-0.2, -0.15) is 0 Å². The summed E-state index contributed by atoms with van der Waals surface area (Å²) in [4.78, 5) is 10.8. The number of halogens is 1. The Labute approximate surface area is 74.5 Å². The smallest absolute Gasteiger partial charge is 0.334 e. The van der Waals surface area contributed by atoms with E-state index in [-0.39, 0.29) is 0 Å². The van der Waals surface area contributed by atoms with Gasteiger partial charge in [-0.1, -0.05) is 6.58 Å². The molecule has 11 heavy (non-hydrogen) atoms. The second-order valence-electron chi connectivity index (χ2n) is 2.05. The van der Waals surface area contributed by atoms with Crippen LogP contribution in [-0.4, -0.2) is 24.7 Å². The van der Waals surface area contributed by atoms with Crippen molar-refractivity contribution in [3.05, 3.63) is 12.2 Å². The van der Waals surface area contributed by atoms with Gasteiger partial charge in [0.25, 0.3) is 0 Å². The maximum absolute atomic E-state index is 10.8. The monoisotopic (exact) mass is 222 g/mol. The first-order valence-corrected chi connectivity index (χ1v) is 3.99. The number of alkyl halides is 1. The zero-order chi connectivity index (χ0) is 8.85. The standard InChI is InChI=1S/C7H11BrO3/c1-5(2)7(9)11-6(8)4-10-3/h6H,1,4H2,2-3H3. The van der Waals surface area contributed by atoms with Gasteiger partial charge in [0.15, 0.2) is 5.01 Å². The highest BCUT2D eigenvalue weighted by molar-refractivity contribution is 9.09. The highest BCUT2D eigenvalue weighted by atomic mass is 79.9. The summed E-state index contributed by atoms with van der Waals surface area (Å²) in [6.45, 7) is 5.36. The van der Waals surface area contributed by atoms with Crippen LogP contribution in [0, 0.1) is 0 Å². The zero-order valence-corrected chi connectivity index (χ0v) is 8.18. The van der Waals surface area contributed by atoms with Crippen LogP contribution in [0.1, 0.15) is 6.92 Å². The van der Waals surface area contributed by atoms with Crippen LogP contribution < -0.4 is 0 Å². The van der Waals surface area contributed by atoms with E-state index in [1.54, 1.807) is 6.92 Å². The molecule has 3 nitrogen and oxygen atoms in total. The molecule has 0 aliphatic carbocycles. The van der Waals surface area contributed by atoms with Crippen molar-refractivity contribution in [2.24, 2.45) is 0 Å². The Hall–Kier alpha value is -0.350. The van der Waals surface area contributed by atoms with E-state index in [2.05, 4.69) is 22.5 Å². The van der Waals surface area contributed by atoms with Gasteiger partial charge in [0.2, 0.25) is 0 Å². The van der Waals surface area contributed by atoms with Gasteiger partial charge in [-0.05, 0) is 22.9 Å². The summed E-state index contributed by atoms with van der Waals surface area (Å²) in [5.41, 5.74) is 0.380. The molecule has 64 valence electrons. The highest BCUT2D eigenvalue weighted by Gasteiger charge is 2.10. The van der Waals surface area contributed by atoms with Crippen molar-refractivity contribution in [2.45, 2.75) is 11.9 Å². The van der Waals surface area contributed by atoms with Crippen molar-refractivity contribution in [1.29, 1.82) is 0 Å². The normalized spacial score (nSPS) is 12.3. The Bertz CT molecular complexity index is 156. The topological polar surface area (TPSA) is 35.5 Å². The van der Waals surface area contributed by atoms with Crippen molar-refractivity contribution in [3.63, 3.8) is 0 Å². The molecule has 1 unspecified atom stereocenters. The molecule has 4 heteroatoms. The number of ether oxygens (including phenoxy) is 2. The maximum Gasteiger partial charge on any atom is 0.334 e. The SMILES string of the molecule is C=C(C)C(=O)OC(Br)COC. The van der Waals surface area contributed by atoms with E-state index in [0.717, 1.165) is 0 Å². The minimum Gasteiger partial charge on any atom is -0.445 e. The molecule has 0 saturated carbocycles. The summed E-state index contributed by atoms with van der Waals surface area (Å²) >= 11 is 3.10. The van der Waals surface area contributed by atoms with Gasteiger partial charge in [0.05, 0.1) is 6.61 Å². The lowest BCUT2D eigenvalue weighted by Crippen LogP contribution is -2.17. The van der Waals surface area contributed by atoms with E-state index < -0.39 is 11.0 Å². The van der Waals surface area contributed by atoms with Crippen LogP contribution in [0.2, 0.25) is 0 Å². The van der Waals surface area contributed by atoms with Gasteiger partial charge in [0.1, 0.15) is 0 Å². The Morgan fingerprint density at radius 2 is 2.27 bits per heavy atom.